The zero-order chi connectivity index (χ0) is 30.8. The lowest BCUT2D eigenvalue weighted by atomic mass is 10.0. The van der Waals surface area contributed by atoms with Crippen molar-refractivity contribution in [1.29, 1.82) is 0 Å². The monoisotopic (exact) mass is 672 g/mol. The second-order valence-corrected chi connectivity index (χ2v) is 13.4. The molecule has 2 aromatic heterocycles. The first-order chi connectivity index (χ1) is 21.3. The molecule has 0 spiro atoms. The van der Waals surface area contributed by atoms with Crippen LogP contribution in [0.15, 0.2) is 36.4 Å². The van der Waals surface area contributed by atoms with Crippen LogP contribution in [-0.4, -0.2) is 81.2 Å². The number of benzene rings is 2. The summed E-state index contributed by atoms with van der Waals surface area (Å²) in [5.41, 5.74) is 3.86. The number of hydrogen-bond acceptors (Lipinski definition) is 10. The molecule has 2 amide bonds. The van der Waals surface area contributed by atoms with E-state index >= 15 is 0 Å². The van der Waals surface area contributed by atoms with Crippen molar-refractivity contribution in [3.63, 3.8) is 0 Å². The Labute approximate surface area is 272 Å². The van der Waals surface area contributed by atoms with Crippen LogP contribution in [0.5, 0.6) is 0 Å². The van der Waals surface area contributed by atoms with Gasteiger partial charge in [0.25, 0.3) is 11.8 Å². The number of amides is 2. The van der Waals surface area contributed by atoms with Crippen molar-refractivity contribution < 1.29 is 19.8 Å². The Morgan fingerprint density at radius 3 is 1.59 bits per heavy atom. The highest BCUT2D eigenvalue weighted by Crippen LogP contribution is 2.40. The second kappa shape index (κ2) is 13.6. The fraction of sp³-hybridized carbons (Fsp3) is 0.333. The van der Waals surface area contributed by atoms with Gasteiger partial charge in [-0.25, -0.2) is 9.97 Å². The quantitative estimate of drug-likeness (QED) is 0.200. The van der Waals surface area contributed by atoms with Crippen LogP contribution in [0.3, 0.4) is 0 Å². The van der Waals surface area contributed by atoms with Gasteiger partial charge < -0.3 is 20.8 Å². The number of aliphatic hydroxyl groups excluding tert-OH is 2. The molecule has 0 radical (unpaired) electrons. The van der Waals surface area contributed by atoms with Crippen molar-refractivity contribution in [2.24, 2.45) is 0 Å². The number of nitrogens with zero attached hydrogens (tertiary/aromatic N) is 4. The van der Waals surface area contributed by atoms with Crippen LogP contribution in [0.2, 0.25) is 10.0 Å². The molecule has 4 heterocycles. The number of fused-ring (bicyclic) bond motifs is 2. The number of halogens is 2. The third-order valence-electron chi connectivity index (χ3n) is 7.63. The molecule has 44 heavy (non-hydrogen) atoms. The number of aromatic nitrogens is 2. The van der Waals surface area contributed by atoms with E-state index in [4.69, 9.17) is 23.2 Å². The molecule has 0 saturated heterocycles. The highest BCUT2D eigenvalue weighted by atomic mass is 35.5. The van der Waals surface area contributed by atoms with E-state index in [1.165, 1.54) is 22.7 Å². The van der Waals surface area contributed by atoms with Crippen molar-refractivity contribution in [3.8, 4) is 11.1 Å². The van der Waals surface area contributed by atoms with Crippen LogP contribution in [-0.2, 0) is 25.9 Å². The molecule has 0 bridgehead atoms. The molecule has 2 aliphatic heterocycles. The van der Waals surface area contributed by atoms with Gasteiger partial charge in [-0.2, -0.15) is 0 Å². The van der Waals surface area contributed by atoms with Crippen molar-refractivity contribution in [2.45, 2.75) is 25.9 Å². The molecule has 0 unspecified atom stereocenters. The Bertz CT molecular complexity index is 1590. The molecule has 2 aliphatic rings. The molecule has 0 atom stereocenters. The topological polar surface area (TPSA) is 131 Å². The molecular formula is C30H30Cl2N6O4S2. The van der Waals surface area contributed by atoms with Crippen molar-refractivity contribution in [3.05, 3.63) is 77.6 Å². The second-order valence-electron chi connectivity index (χ2n) is 10.5. The minimum atomic E-state index is -0.352. The summed E-state index contributed by atoms with van der Waals surface area (Å²) >= 11 is 16.3. The van der Waals surface area contributed by atoms with Gasteiger partial charge in [-0.05, 0) is 12.1 Å². The first-order valence-corrected chi connectivity index (χ1v) is 16.6. The fourth-order valence-corrected chi connectivity index (χ4v) is 8.02. The Kier molecular flexibility index (Phi) is 9.59. The summed E-state index contributed by atoms with van der Waals surface area (Å²) in [4.78, 5) is 41.8. The van der Waals surface area contributed by atoms with E-state index in [0.717, 1.165) is 47.1 Å². The average molecular weight is 674 g/mol. The molecule has 10 nitrogen and oxygen atoms in total. The molecule has 0 aliphatic carbocycles. The maximum absolute atomic E-state index is 13.2. The van der Waals surface area contributed by atoms with Gasteiger partial charge >= 0.3 is 0 Å². The van der Waals surface area contributed by atoms with Gasteiger partial charge in [-0.3, -0.25) is 19.4 Å². The minimum Gasteiger partial charge on any atom is -0.395 e. The predicted octanol–water partition coefficient (Wildman–Crippen LogP) is 4.78. The Morgan fingerprint density at radius 2 is 1.18 bits per heavy atom. The number of aliphatic hydroxyl groups is 2. The normalized spacial score (nSPS) is 15.1. The molecule has 4 N–H and O–H groups in total. The number of carbonyl (C=O) groups is 2. The lowest BCUT2D eigenvalue weighted by molar-refractivity contribution is 0.101. The summed E-state index contributed by atoms with van der Waals surface area (Å²) in [6.45, 7) is 4.28. The van der Waals surface area contributed by atoms with Crippen LogP contribution in [0.1, 0.15) is 40.7 Å². The largest absolute Gasteiger partial charge is 0.395 e. The summed E-state index contributed by atoms with van der Waals surface area (Å²) in [5, 5.41) is 25.6. The average Bonchev–Trinajstić information content (AvgIpc) is 3.64. The Morgan fingerprint density at radius 1 is 0.750 bits per heavy atom. The number of β-amino-alcohol motifs (C(OH)–C–C–N with tert-alkyl or cyclic N) is 2. The zero-order valence-corrected chi connectivity index (χ0v) is 26.8. The van der Waals surface area contributed by atoms with E-state index < -0.39 is 0 Å². The van der Waals surface area contributed by atoms with Gasteiger partial charge in [0.2, 0.25) is 0 Å². The minimum absolute atomic E-state index is 0.0921. The smallest absolute Gasteiger partial charge is 0.284 e. The van der Waals surface area contributed by atoms with Gasteiger partial charge in [0, 0.05) is 73.0 Å². The summed E-state index contributed by atoms with van der Waals surface area (Å²) in [6, 6.07) is 10.6. The van der Waals surface area contributed by atoms with Crippen molar-refractivity contribution >= 4 is 69.1 Å². The lowest BCUT2D eigenvalue weighted by Gasteiger charge is -2.24. The number of hydrogen-bond donors (Lipinski definition) is 4. The highest BCUT2D eigenvalue weighted by Gasteiger charge is 2.25. The SMILES string of the molecule is O=C(Nc1cccc(-c2cccc(NC(=O)c3nc4c(s3)CN(CCO)CC4)c2Cl)c1Cl)c1nc2c(s1)CN(CCO)CC2. The third kappa shape index (κ3) is 6.53. The molecular weight excluding hydrogens is 643 g/mol. The van der Waals surface area contributed by atoms with E-state index in [9.17, 15) is 19.8 Å². The molecule has 230 valence electrons. The van der Waals surface area contributed by atoms with E-state index in [1.54, 1.807) is 36.4 Å². The lowest BCUT2D eigenvalue weighted by Crippen LogP contribution is -2.32. The number of thiazole rings is 2. The first-order valence-electron chi connectivity index (χ1n) is 14.2. The van der Waals surface area contributed by atoms with Gasteiger partial charge in [-0.1, -0.05) is 47.5 Å². The van der Waals surface area contributed by atoms with Gasteiger partial charge in [0.15, 0.2) is 10.0 Å². The van der Waals surface area contributed by atoms with E-state index in [0.29, 0.717) is 68.7 Å². The van der Waals surface area contributed by atoms with Gasteiger partial charge in [0.05, 0.1) is 46.0 Å². The zero-order valence-electron chi connectivity index (χ0n) is 23.6. The van der Waals surface area contributed by atoms with Crippen LogP contribution in [0.25, 0.3) is 11.1 Å². The molecule has 14 heteroatoms. The van der Waals surface area contributed by atoms with E-state index in [2.05, 4.69) is 30.4 Å². The van der Waals surface area contributed by atoms with Crippen molar-refractivity contribution in [2.75, 3.05) is 50.0 Å². The van der Waals surface area contributed by atoms with Crippen molar-refractivity contribution in [1.82, 2.24) is 19.8 Å². The van der Waals surface area contributed by atoms with Crippen LogP contribution in [0, 0.1) is 0 Å². The summed E-state index contributed by atoms with van der Waals surface area (Å²) in [5.74, 6) is -0.704. The van der Waals surface area contributed by atoms with Gasteiger partial charge in [-0.15, -0.1) is 22.7 Å². The maximum Gasteiger partial charge on any atom is 0.284 e. The molecule has 6 rings (SSSR count). The summed E-state index contributed by atoms with van der Waals surface area (Å²) in [7, 11) is 0. The summed E-state index contributed by atoms with van der Waals surface area (Å²) < 4.78 is 0. The number of nitrogens with one attached hydrogen (secondary N) is 2. The Hall–Kier alpha value is -2.94. The number of carbonyl (C=O) groups excluding carboxylic acids is 2. The van der Waals surface area contributed by atoms with Crippen LogP contribution >= 0.6 is 45.9 Å². The maximum atomic E-state index is 13.2. The molecule has 0 fully saturated rings. The van der Waals surface area contributed by atoms with Crippen LogP contribution < -0.4 is 10.6 Å². The molecule has 4 aromatic rings. The van der Waals surface area contributed by atoms with E-state index in [-0.39, 0.29) is 25.0 Å². The number of anilines is 2. The molecule has 0 saturated carbocycles. The first kappa shape index (κ1) is 31.1. The molecule has 2 aromatic carbocycles. The fourth-order valence-electron chi connectivity index (χ4n) is 5.38. The third-order valence-corrected chi connectivity index (χ3v) is 10.6. The van der Waals surface area contributed by atoms with Gasteiger partial charge in [0.1, 0.15) is 0 Å². The Balaban J connectivity index is 1.18. The van der Waals surface area contributed by atoms with Crippen LogP contribution in [0.4, 0.5) is 11.4 Å². The van der Waals surface area contributed by atoms with E-state index in [1.807, 2.05) is 0 Å². The summed E-state index contributed by atoms with van der Waals surface area (Å²) in [6.07, 6.45) is 1.46. The predicted molar refractivity (Wildman–Crippen MR) is 174 cm³/mol. The number of rotatable bonds is 9. The standard InChI is InChI=1S/C30H30Cl2N6O4S2/c31-25-17(3-1-5-21(25)33-27(41)29-35-19-7-9-37(11-13-39)15-23(19)43-29)18-4-2-6-22(26(18)32)34-28(42)30-36-20-8-10-38(12-14-40)16-24(20)44-30/h1-6,39-40H,7-16H2,(H,33,41)(H,34,42). The highest BCUT2D eigenvalue weighted by molar-refractivity contribution is 7.14.